The van der Waals surface area contributed by atoms with Crippen LogP contribution in [0.3, 0.4) is 0 Å². The van der Waals surface area contributed by atoms with Crippen molar-refractivity contribution in [2.45, 2.75) is 26.5 Å². The Bertz CT molecular complexity index is 516. The molecule has 0 spiro atoms. The number of halogens is 1. The predicted octanol–water partition coefficient (Wildman–Crippen LogP) is 3.53. The summed E-state index contributed by atoms with van der Waals surface area (Å²) in [4.78, 5) is 4.09. The monoisotopic (exact) mass is 280 g/mol. The molecule has 5 heteroatoms. The van der Waals surface area contributed by atoms with E-state index in [-0.39, 0.29) is 17.6 Å². The fourth-order valence-electron chi connectivity index (χ4n) is 1.79. The van der Waals surface area contributed by atoms with Gasteiger partial charge in [-0.1, -0.05) is 13.0 Å². The van der Waals surface area contributed by atoms with Crippen molar-refractivity contribution in [2.75, 3.05) is 6.54 Å². The third kappa shape index (κ3) is 3.75. The lowest BCUT2D eigenvalue weighted by Gasteiger charge is -2.14. The van der Waals surface area contributed by atoms with Crippen LogP contribution in [0.1, 0.15) is 31.1 Å². The van der Waals surface area contributed by atoms with Crippen molar-refractivity contribution >= 4 is 11.3 Å². The summed E-state index contributed by atoms with van der Waals surface area (Å²) in [6.45, 7) is 5.18. The van der Waals surface area contributed by atoms with Gasteiger partial charge in [-0.05, 0) is 31.2 Å². The van der Waals surface area contributed by atoms with E-state index in [9.17, 15) is 4.39 Å². The Morgan fingerprint density at radius 3 is 2.95 bits per heavy atom. The van der Waals surface area contributed by atoms with Crippen LogP contribution >= 0.6 is 11.3 Å². The van der Waals surface area contributed by atoms with Crippen molar-refractivity contribution in [3.05, 3.63) is 46.2 Å². The maximum absolute atomic E-state index is 13.9. The van der Waals surface area contributed by atoms with Gasteiger partial charge in [-0.25, -0.2) is 9.37 Å². The first-order chi connectivity index (χ1) is 9.20. The van der Waals surface area contributed by atoms with E-state index in [4.69, 9.17) is 4.74 Å². The topological polar surface area (TPSA) is 34.1 Å². The Morgan fingerprint density at radius 1 is 1.47 bits per heavy atom. The molecule has 0 amide bonds. The predicted molar refractivity (Wildman–Crippen MR) is 74.9 cm³/mol. The Kier molecular flexibility index (Phi) is 4.87. The van der Waals surface area contributed by atoms with Crippen molar-refractivity contribution in [3.8, 4) is 5.75 Å². The molecule has 1 atom stereocenters. The largest absolute Gasteiger partial charge is 0.484 e. The van der Waals surface area contributed by atoms with Crippen molar-refractivity contribution in [3.63, 3.8) is 0 Å². The van der Waals surface area contributed by atoms with Gasteiger partial charge in [0.15, 0.2) is 11.6 Å². The summed E-state index contributed by atoms with van der Waals surface area (Å²) in [5.74, 6) is -0.0714. The molecule has 2 aromatic rings. The van der Waals surface area contributed by atoms with Crippen LogP contribution in [0.2, 0.25) is 0 Å². The van der Waals surface area contributed by atoms with Gasteiger partial charge in [-0.3, -0.25) is 0 Å². The summed E-state index contributed by atoms with van der Waals surface area (Å²) < 4.78 is 19.3. The van der Waals surface area contributed by atoms with Crippen LogP contribution in [0, 0.1) is 5.82 Å². The lowest BCUT2D eigenvalue weighted by molar-refractivity contribution is 0.286. The van der Waals surface area contributed by atoms with Gasteiger partial charge in [0.05, 0.1) is 11.2 Å². The molecule has 1 unspecified atom stereocenters. The highest BCUT2D eigenvalue weighted by atomic mass is 32.1. The zero-order valence-electron chi connectivity index (χ0n) is 11.0. The summed E-state index contributed by atoms with van der Waals surface area (Å²) in [5, 5.41) is 5.14. The number of hydrogen-bond donors (Lipinski definition) is 1. The second kappa shape index (κ2) is 6.63. The normalized spacial score (nSPS) is 12.4. The van der Waals surface area contributed by atoms with E-state index in [2.05, 4.69) is 10.3 Å². The summed E-state index contributed by atoms with van der Waals surface area (Å²) in [7, 11) is 0. The van der Waals surface area contributed by atoms with E-state index in [1.54, 1.807) is 11.6 Å². The molecule has 0 aliphatic rings. The van der Waals surface area contributed by atoms with Gasteiger partial charge in [0.25, 0.3) is 0 Å². The maximum atomic E-state index is 13.9. The zero-order chi connectivity index (χ0) is 13.7. The van der Waals surface area contributed by atoms with Gasteiger partial charge in [-0.15, -0.1) is 11.3 Å². The van der Waals surface area contributed by atoms with E-state index < -0.39 is 0 Å². The fraction of sp³-hybridized carbons (Fsp3) is 0.357. The van der Waals surface area contributed by atoms with Gasteiger partial charge in [-0.2, -0.15) is 0 Å². The maximum Gasteiger partial charge on any atom is 0.165 e. The minimum atomic E-state index is -0.336. The van der Waals surface area contributed by atoms with Crippen LogP contribution < -0.4 is 10.1 Å². The van der Waals surface area contributed by atoms with E-state index in [0.717, 1.165) is 17.8 Å². The average molecular weight is 280 g/mol. The van der Waals surface area contributed by atoms with E-state index in [0.29, 0.717) is 6.61 Å². The van der Waals surface area contributed by atoms with Gasteiger partial charge in [0.1, 0.15) is 6.61 Å². The van der Waals surface area contributed by atoms with Crippen molar-refractivity contribution in [2.24, 2.45) is 0 Å². The van der Waals surface area contributed by atoms with E-state index in [1.165, 1.54) is 17.4 Å². The summed E-state index contributed by atoms with van der Waals surface area (Å²) in [6.07, 6.45) is 0. The Morgan fingerprint density at radius 2 is 2.32 bits per heavy atom. The smallest absolute Gasteiger partial charge is 0.165 e. The average Bonchev–Trinajstić information content (AvgIpc) is 2.90. The lowest BCUT2D eigenvalue weighted by atomic mass is 10.1. The molecule has 0 aliphatic carbocycles. The number of aromatic nitrogens is 1. The Labute approximate surface area is 116 Å². The van der Waals surface area contributed by atoms with Crippen LogP contribution in [-0.2, 0) is 6.61 Å². The molecule has 0 saturated heterocycles. The van der Waals surface area contributed by atoms with Crippen LogP contribution in [0.15, 0.2) is 29.1 Å². The molecule has 102 valence electrons. The number of nitrogens with zero attached hydrogens (tertiary/aromatic N) is 1. The van der Waals surface area contributed by atoms with Gasteiger partial charge >= 0.3 is 0 Å². The first-order valence-corrected chi connectivity index (χ1v) is 7.17. The third-order valence-corrected chi connectivity index (χ3v) is 3.46. The molecule has 3 nitrogen and oxygen atoms in total. The number of nitrogens with one attached hydrogen (secondary N) is 1. The number of ether oxygens (including phenoxy) is 1. The first-order valence-electron chi connectivity index (χ1n) is 6.23. The second-order valence-corrected chi connectivity index (χ2v) is 4.96. The molecule has 19 heavy (non-hydrogen) atoms. The third-order valence-electron chi connectivity index (χ3n) is 2.83. The summed E-state index contributed by atoms with van der Waals surface area (Å²) >= 11 is 1.50. The lowest BCUT2D eigenvalue weighted by Crippen LogP contribution is -2.17. The zero-order valence-corrected chi connectivity index (χ0v) is 11.8. The van der Waals surface area contributed by atoms with Crippen LogP contribution in [0.25, 0.3) is 0 Å². The highest BCUT2D eigenvalue weighted by molar-refractivity contribution is 7.07. The molecule has 0 bridgehead atoms. The Balaban J connectivity index is 2.02. The highest BCUT2D eigenvalue weighted by Crippen LogP contribution is 2.22. The minimum Gasteiger partial charge on any atom is -0.484 e. The SMILES string of the molecule is CCNC(C)c1ccc(OCc2cscn2)c(F)c1. The number of rotatable bonds is 6. The molecular formula is C14H17FN2OS. The summed E-state index contributed by atoms with van der Waals surface area (Å²) in [5.41, 5.74) is 3.46. The van der Waals surface area contributed by atoms with E-state index in [1.807, 2.05) is 25.3 Å². The molecule has 0 fully saturated rings. The number of hydrogen-bond acceptors (Lipinski definition) is 4. The molecule has 1 N–H and O–H groups in total. The van der Waals surface area contributed by atoms with Crippen LogP contribution in [0.4, 0.5) is 4.39 Å². The standard InChI is InChI=1S/C14H17FN2OS/c1-3-16-10(2)11-4-5-14(13(15)6-11)18-7-12-8-19-9-17-12/h4-6,8-10,16H,3,7H2,1-2H3. The summed E-state index contributed by atoms with van der Waals surface area (Å²) in [6, 6.07) is 5.20. The van der Waals surface area contributed by atoms with Gasteiger partial charge in [0, 0.05) is 11.4 Å². The number of benzene rings is 1. The molecule has 1 aromatic carbocycles. The molecule has 0 aliphatic heterocycles. The number of thiazole rings is 1. The second-order valence-electron chi connectivity index (χ2n) is 4.24. The van der Waals surface area contributed by atoms with Crippen LogP contribution in [0.5, 0.6) is 5.75 Å². The molecule has 0 saturated carbocycles. The van der Waals surface area contributed by atoms with E-state index >= 15 is 0 Å². The molecular weight excluding hydrogens is 263 g/mol. The molecule has 1 aromatic heterocycles. The molecule has 2 rings (SSSR count). The highest BCUT2D eigenvalue weighted by Gasteiger charge is 2.09. The van der Waals surface area contributed by atoms with Crippen molar-refractivity contribution in [1.82, 2.24) is 10.3 Å². The molecule has 0 radical (unpaired) electrons. The first kappa shape index (κ1) is 14.0. The van der Waals surface area contributed by atoms with Gasteiger partial charge < -0.3 is 10.1 Å². The Hall–Kier alpha value is -1.46. The van der Waals surface area contributed by atoms with Gasteiger partial charge in [0.2, 0.25) is 0 Å². The minimum absolute atomic E-state index is 0.132. The quantitative estimate of drug-likeness (QED) is 0.879. The fourth-order valence-corrected chi connectivity index (χ4v) is 2.33. The molecule has 1 heterocycles. The van der Waals surface area contributed by atoms with Crippen molar-refractivity contribution < 1.29 is 9.13 Å². The van der Waals surface area contributed by atoms with Crippen molar-refractivity contribution in [1.29, 1.82) is 0 Å². The van der Waals surface area contributed by atoms with Crippen LogP contribution in [-0.4, -0.2) is 11.5 Å².